The molecule has 1 aromatic carbocycles. The lowest BCUT2D eigenvalue weighted by Gasteiger charge is -2.17. The Labute approximate surface area is 96.5 Å². The molecule has 0 saturated heterocycles. The lowest BCUT2D eigenvalue weighted by Crippen LogP contribution is -2.23. The second kappa shape index (κ2) is 3.51. The first-order valence-electron chi connectivity index (χ1n) is 4.73. The average Bonchev–Trinajstić information content (AvgIpc) is 2.28. The van der Waals surface area contributed by atoms with Crippen molar-refractivity contribution in [1.82, 2.24) is 0 Å². The van der Waals surface area contributed by atoms with E-state index >= 15 is 0 Å². The summed E-state index contributed by atoms with van der Waals surface area (Å²) >= 11 is 0. The van der Waals surface area contributed by atoms with Gasteiger partial charge in [0, 0.05) is 12.1 Å². The summed E-state index contributed by atoms with van der Waals surface area (Å²) in [6.45, 7) is 0. The molecule has 0 atom stereocenters. The fourth-order valence-corrected chi connectivity index (χ4v) is 1.74. The molecule has 0 fully saturated rings. The predicted octanol–water partition coefficient (Wildman–Crippen LogP) is 0.205. The molecule has 0 bridgehead atoms. The van der Waals surface area contributed by atoms with Crippen LogP contribution in [0.5, 0.6) is 11.5 Å². The van der Waals surface area contributed by atoms with Gasteiger partial charge in [-0.1, -0.05) is 0 Å². The van der Waals surface area contributed by atoms with E-state index in [1.807, 2.05) is 0 Å². The SMILES string of the molecule is COc1cc(O)c2c(c1N)C(=O)C(N)=CC2=O. The molecule has 1 aliphatic carbocycles. The van der Waals surface area contributed by atoms with Crippen molar-refractivity contribution in [3.8, 4) is 11.5 Å². The third-order valence-corrected chi connectivity index (χ3v) is 2.55. The van der Waals surface area contributed by atoms with Gasteiger partial charge >= 0.3 is 0 Å². The lowest BCUT2D eigenvalue weighted by molar-refractivity contribution is 0.0981. The Morgan fingerprint density at radius 2 is 1.88 bits per heavy atom. The molecule has 0 radical (unpaired) electrons. The number of anilines is 1. The number of allylic oxidation sites excluding steroid dienone is 2. The van der Waals surface area contributed by atoms with Crippen LogP contribution in [0.15, 0.2) is 17.8 Å². The fraction of sp³-hybridized carbons (Fsp3) is 0.0909. The smallest absolute Gasteiger partial charge is 0.211 e. The highest BCUT2D eigenvalue weighted by Crippen LogP contribution is 2.38. The second-order valence-electron chi connectivity index (χ2n) is 3.55. The molecule has 0 amide bonds. The number of hydrogen-bond acceptors (Lipinski definition) is 6. The molecule has 0 heterocycles. The maximum Gasteiger partial charge on any atom is 0.211 e. The highest BCUT2D eigenvalue weighted by atomic mass is 16.5. The van der Waals surface area contributed by atoms with Crippen molar-refractivity contribution < 1.29 is 19.4 Å². The molecule has 5 N–H and O–H groups in total. The molecule has 0 aromatic heterocycles. The van der Waals surface area contributed by atoms with E-state index < -0.39 is 11.6 Å². The standard InChI is InChI=1S/C11H10N2O4/c1-17-7-3-6(15)8-5(14)2-4(12)11(16)9(8)10(7)13/h2-3,15H,12-13H2,1H3. The minimum absolute atomic E-state index is 0.00491. The van der Waals surface area contributed by atoms with Gasteiger partial charge in [-0.2, -0.15) is 0 Å². The Kier molecular flexibility index (Phi) is 2.27. The van der Waals surface area contributed by atoms with Crippen molar-refractivity contribution in [2.24, 2.45) is 5.73 Å². The molecule has 17 heavy (non-hydrogen) atoms. The Morgan fingerprint density at radius 1 is 1.24 bits per heavy atom. The molecule has 1 aliphatic rings. The molecule has 1 aromatic rings. The van der Waals surface area contributed by atoms with Crippen molar-refractivity contribution in [1.29, 1.82) is 0 Å². The molecule has 6 heteroatoms. The topological polar surface area (TPSA) is 116 Å². The van der Waals surface area contributed by atoms with Gasteiger partial charge in [-0.3, -0.25) is 9.59 Å². The van der Waals surface area contributed by atoms with Crippen LogP contribution in [-0.2, 0) is 0 Å². The summed E-state index contributed by atoms with van der Waals surface area (Å²) in [5.41, 5.74) is 10.7. The number of phenolic OH excluding ortho intramolecular Hbond substituents is 1. The van der Waals surface area contributed by atoms with E-state index in [2.05, 4.69) is 0 Å². The fourth-order valence-electron chi connectivity index (χ4n) is 1.74. The average molecular weight is 234 g/mol. The molecule has 88 valence electrons. The van der Waals surface area contributed by atoms with Crippen molar-refractivity contribution in [3.05, 3.63) is 29.0 Å². The quantitative estimate of drug-likeness (QED) is 0.472. The van der Waals surface area contributed by atoms with Gasteiger partial charge in [-0.15, -0.1) is 0 Å². The van der Waals surface area contributed by atoms with Crippen molar-refractivity contribution >= 4 is 17.3 Å². The number of ether oxygens (including phenoxy) is 1. The third-order valence-electron chi connectivity index (χ3n) is 2.55. The summed E-state index contributed by atoms with van der Waals surface area (Å²) in [6.07, 6.45) is 0.969. The van der Waals surface area contributed by atoms with Crippen molar-refractivity contribution in [3.63, 3.8) is 0 Å². The molecule has 0 unspecified atom stereocenters. The van der Waals surface area contributed by atoms with E-state index in [9.17, 15) is 14.7 Å². The highest BCUT2D eigenvalue weighted by molar-refractivity contribution is 6.27. The summed E-state index contributed by atoms with van der Waals surface area (Å²) in [5.74, 6) is -1.37. The van der Waals surface area contributed by atoms with Gasteiger partial charge < -0.3 is 21.3 Å². The number of nitrogen functional groups attached to an aromatic ring is 1. The minimum atomic E-state index is -0.591. The zero-order valence-electron chi connectivity index (χ0n) is 8.98. The second-order valence-corrected chi connectivity index (χ2v) is 3.55. The molecule has 0 aliphatic heterocycles. The van der Waals surface area contributed by atoms with E-state index in [4.69, 9.17) is 16.2 Å². The number of Topliss-reactive ketones (excluding diaryl/α,β-unsaturated/α-hetero) is 1. The van der Waals surface area contributed by atoms with Gasteiger partial charge in [0.15, 0.2) is 5.78 Å². The molecule has 2 rings (SSSR count). The number of carbonyl (C=O) groups excluding carboxylic acids is 2. The molecular formula is C11H10N2O4. The number of hydrogen-bond donors (Lipinski definition) is 3. The number of benzene rings is 1. The van der Waals surface area contributed by atoms with Gasteiger partial charge in [-0.25, -0.2) is 0 Å². The zero-order chi connectivity index (χ0) is 12.7. The maximum absolute atomic E-state index is 11.8. The number of ketones is 2. The Bertz CT molecular complexity index is 575. The molecule has 0 spiro atoms. The number of rotatable bonds is 1. The Balaban J connectivity index is 2.83. The van der Waals surface area contributed by atoms with Crippen molar-refractivity contribution in [2.45, 2.75) is 0 Å². The molecular weight excluding hydrogens is 224 g/mol. The molecule has 6 nitrogen and oxygen atoms in total. The lowest BCUT2D eigenvalue weighted by atomic mass is 9.90. The number of methoxy groups -OCH3 is 1. The summed E-state index contributed by atoms with van der Waals surface area (Å²) in [6, 6.07) is 1.19. The predicted molar refractivity (Wildman–Crippen MR) is 60.0 cm³/mol. The number of carbonyl (C=O) groups is 2. The first kappa shape index (κ1) is 11.0. The molecule has 0 saturated carbocycles. The Morgan fingerprint density at radius 3 is 2.47 bits per heavy atom. The number of aromatic hydroxyl groups is 1. The normalized spacial score (nSPS) is 14.3. The van der Waals surface area contributed by atoms with Crippen LogP contribution in [0.25, 0.3) is 0 Å². The Hall–Kier alpha value is -2.50. The van der Waals surface area contributed by atoms with Crippen LogP contribution >= 0.6 is 0 Å². The third kappa shape index (κ3) is 1.42. The van der Waals surface area contributed by atoms with Crippen LogP contribution in [0.3, 0.4) is 0 Å². The van der Waals surface area contributed by atoms with Gasteiger partial charge in [0.2, 0.25) is 5.78 Å². The van der Waals surface area contributed by atoms with E-state index in [-0.39, 0.29) is 34.0 Å². The van der Waals surface area contributed by atoms with Crippen LogP contribution < -0.4 is 16.2 Å². The van der Waals surface area contributed by atoms with Gasteiger partial charge in [0.1, 0.15) is 11.5 Å². The maximum atomic E-state index is 11.8. The highest BCUT2D eigenvalue weighted by Gasteiger charge is 2.31. The number of fused-ring (bicyclic) bond motifs is 1. The largest absolute Gasteiger partial charge is 0.507 e. The van der Waals surface area contributed by atoms with Crippen LogP contribution in [0, 0.1) is 0 Å². The summed E-state index contributed by atoms with van der Waals surface area (Å²) in [4.78, 5) is 23.5. The first-order chi connectivity index (χ1) is 7.97. The number of nitrogens with two attached hydrogens (primary N) is 2. The zero-order valence-corrected chi connectivity index (χ0v) is 8.98. The van der Waals surface area contributed by atoms with E-state index in [1.54, 1.807) is 0 Å². The van der Waals surface area contributed by atoms with Gasteiger partial charge in [-0.05, 0) is 0 Å². The van der Waals surface area contributed by atoms with Crippen LogP contribution in [-0.4, -0.2) is 23.8 Å². The van der Waals surface area contributed by atoms with Crippen LogP contribution in [0.4, 0.5) is 5.69 Å². The monoisotopic (exact) mass is 234 g/mol. The van der Waals surface area contributed by atoms with E-state index in [0.29, 0.717) is 0 Å². The first-order valence-corrected chi connectivity index (χ1v) is 4.73. The summed E-state index contributed by atoms with van der Waals surface area (Å²) in [5, 5.41) is 9.69. The number of phenols is 1. The van der Waals surface area contributed by atoms with Crippen molar-refractivity contribution in [2.75, 3.05) is 12.8 Å². The van der Waals surface area contributed by atoms with E-state index in [1.165, 1.54) is 13.2 Å². The van der Waals surface area contributed by atoms with Gasteiger partial charge in [0.05, 0.1) is 29.6 Å². The minimum Gasteiger partial charge on any atom is -0.507 e. The van der Waals surface area contributed by atoms with E-state index in [0.717, 1.165) is 6.08 Å². The van der Waals surface area contributed by atoms with Gasteiger partial charge in [0.25, 0.3) is 0 Å². The summed E-state index contributed by atoms with van der Waals surface area (Å²) in [7, 11) is 1.34. The van der Waals surface area contributed by atoms with Crippen LogP contribution in [0.1, 0.15) is 20.7 Å². The van der Waals surface area contributed by atoms with Crippen LogP contribution in [0.2, 0.25) is 0 Å². The summed E-state index contributed by atoms with van der Waals surface area (Å²) < 4.78 is 4.90.